The maximum absolute atomic E-state index is 7.01. The molecule has 1 heterocycles. The van der Waals surface area contributed by atoms with E-state index in [4.69, 9.17) is 6.57 Å². The molecule has 2 rings (SSSR count). The number of fused-ring (bicyclic) bond motifs is 1. The van der Waals surface area contributed by atoms with Gasteiger partial charge in [0.1, 0.15) is 0 Å². The number of nitrogens with zero attached hydrogens (tertiary/aromatic N) is 2. The largest absolute Gasteiger partial charge is 0.296 e. The number of hydrogen-bond acceptors (Lipinski definition) is 1. The molecule has 0 radical (unpaired) electrons. The fourth-order valence-corrected chi connectivity index (χ4v) is 2.08. The zero-order chi connectivity index (χ0) is 10.8. The highest BCUT2D eigenvalue weighted by Crippen LogP contribution is 2.24. The molecule has 0 saturated carbocycles. The average Bonchev–Trinajstić information content (AvgIpc) is 2.27. The maximum atomic E-state index is 7.01. The Labute approximate surface area is 91.3 Å². The van der Waals surface area contributed by atoms with Crippen molar-refractivity contribution in [1.82, 2.24) is 4.90 Å². The van der Waals surface area contributed by atoms with Crippen LogP contribution < -0.4 is 0 Å². The quantitative estimate of drug-likeness (QED) is 0.632. The molecule has 0 bridgehead atoms. The molecule has 1 aliphatic heterocycles. The average molecular weight is 200 g/mol. The molecular weight excluding hydrogens is 184 g/mol. The third-order valence-corrected chi connectivity index (χ3v) is 3.09. The van der Waals surface area contributed by atoms with Crippen molar-refractivity contribution in [2.24, 2.45) is 0 Å². The second kappa shape index (κ2) is 4.04. The zero-order valence-electron chi connectivity index (χ0n) is 9.33. The second-order valence-electron chi connectivity index (χ2n) is 4.38. The summed E-state index contributed by atoms with van der Waals surface area (Å²) in [5, 5.41) is 0. The third-order valence-electron chi connectivity index (χ3n) is 3.09. The molecule has 0 saturated heterocycles. The molecule has 0 spiro atoms. The highest BCUT2D eigenvalue weighted by molar-refractivity contribution is 5.50. The van der Waals surface area contributed by atoms with Crippen molar-refractivity contribution >= 4 is 5.69 Å². The van der Waals surface area contributed by atoms with Crippen LogP contribution in [0.25, 0.3) is 4.85 Å². The first-order chi connectivity index (χ1) is 7.20. The third kappa shape index (κ3) is 2.03. The fourth-order valence-electron chi connectivity index (χ4n) is 2.08. The van der Waals surface area contributed by atoms with Gasteiger partial charge in [-0.2, -0.15) is 0 Å². The normalized spacial score (nSPS) is 16.1. The summed E-state index contributed by atoms with van der Waals surface area (Å²) in [5.74, 6) is 0. The Kier molecular flexibility index (Phi) is 2.75. The Hall–Kier alpha value is -1.33. The van der Waals surface area contributed by atoms with Gasteiger partial charge in [0.2, 0.25) is 0 Å². The molecular formula is C13H16N2. The van der Waals surface area contributed by atoms with Gasteiger partial charge < -0.3 is 0 Å². The lowest BCUT2D eigenvalue weighted by Gasteiger charge is -2.32. The Morgan fingerprint density at radius 2 is 2.13 bits per heavy atom. The van der Waals surface area contributed by atoms with E-state index >= 15 is 0 Å². The Bertz CT molecular complexity index is 401. The van der Waals surface area contributed by atoms with E-state index in [2.05, 4.69) is 29.7 Å². The lowest BCUT2D eigenvalue weighted by Crippen LogP contribution is -2.35. The van der Waals surface area contributed by atoms with E-state index in [0.717, 1.165) is 25.2 Å². The molecule has 0 aromatic heterocycles. The summed E-state index contributed by atoms with van der Waals surface area (Å²) in [6.45, 7) is 13.6. The van der Waals surface area contributed by atoms with Gasteiger partial charge in [-0.1, -0.05) is 18.2 Å². The van der Waals surface area contributed by atoms with Gasteiger partial charge in [0.15, 0.2) is 5.69 Å². The highest BCUT2D eigenvalue weighted by Gasteiger charge is 2.17. The SMILES string of the molecule is [C-]#[N+]c1ccc2c(c1)CN(C(C)C)CC2. The van der Waals surface area contributed by atoms with Crippen LogP contribution in [0.5, 0.6) is 0 Å². The fraction of sp³-hybridized carbons (Fsp3) is 0.462. The lowest BCUT2D eigenvalue weighted by molar-refractivity contribution is 0.203. The summed E-state index contributed by atoms with van der Waals surface area (Å²) in [6.07, 6.45) is 1.12. The molecule has 0 fully saturated rings. The van der Waals surface area contributed by atoms with E-state index in [9.17, 15) is 0 Å². The monoisotopic (exact) mass is 200 g/mol. The number of rotatable bonds is 1. The minimum atomic E-state index is 0.592. The Morgan fingerprint density at radius 1 is 1.33 bits per heavy atom. The van der Waals surface area contributed by atoms with E-state index in [1.54, 1.807) is 0 Å². The van der Waals surface area contributed by atoms with E-state index < -0.39 is 0 Å². The topological polar surface area (TPSA) is 7.60 Å². The predicted molar refractivity (Wildman–Crippen MR) is 62.0 cm³/mol. The highest BCUT2D eigenvalue weighted by atomic mass is 15.1. The second-order valence-corrected chi connectivity index (χ2v) is 4.38. The van der Waals surface area contributed by atoms with E-state index in [-0.39, 0.29) is 0 Å². The molecule has 0 aliphatic carbocycles. The Morgan fingerprint density at radius 3 is 2.80 bits per heavy atom. The maximum Gasteiger partial charge on any atom is 0.187 e. The molecule has 2 heteroatoms. The molecule has 2 nitrogen and oxygen atoms in total. The van der Waals surface area contributed by atoms with E-state index in [1.807, 2.05) is 12.1 Å². The molecule has 0 amide bonds. The van der Waals surface area contributed by atoms with Crippen LogP contribution in [0.4, 0.5) is 5.69 Å². The van der Waals surface area contributed by atoms with Crippen LogP contribution in [-0.4, -0.2) is 17.5 Å². The molecule has 0 N–H and O–H groups in total. The molecule has 1 aliphatic rings. The van der Waals surface area contributed by atoms with Gasteiger partial charge in [0, 0.05) is 19.1 Å². The summed E-state index contributed by atoms with van der Waals surface area (Å²) in [6, 6.07) is 6.67. The van der Waals surface area contributed by atoms with E-state index in [1.165, 1.54) is 11.1 Å². The minimum Gasteiger partial charge on any atom is -0.296 e. The molecule has 1 aromatic rings. The summed E-state index contributed by atoms with van der Waals surface area (Å²) in [5.41, 5.74) is 3.52. The standard InChI is InChI=1S/C13H16N2/c1-10(2)15-7-6-11-4-5-13(14-3)8-12(11)9-15/h4-5,8,10H,6-7,9H2,1-2H3. The van der Waals surface area contributed by atoms with Crippen LogP contribution in [0.15, 0.2) is 18.2 Å². The van der Waals surface area contributed by atoms with Crippen molar-refractivity contribution in [3.63, 3.8) is 0 Å². The van der Waals surface area contributed by atoms with Gasteiger partial charge in [-0.05, 0) is 31.4 Å². The minimum absolute atomic E-state index is 0.592. The first-order valence-corrected chi connectivity index (χ1v) is 5.44. The zero-order valence-corrected chi connectivity index (χ0v) is 9.33. The summed E-state index contributed by atoms with van der Waals surface area (Å²) < 4.78 is 0. The molecule has 15 heavy (non-hydrogen) atoms. The van der Waals surface area contributed by atoms with Crippen molar-refractivity contribution in [3.8, 4) is 0 Å². The van der Waals surface area contributed by atoms with Crippen LogP contribution in [0.1, 0.15) is 25.0 Å². The van der Waals surface area contributed by atoms with Gasteiger partial charge in [-0.15, -0.1) is 0 Å². The van der Waals surface area contributed by atoms with Crippen molar-refractivity contribution in [2.75, 3.05) is 6.54 Å². The van der Waals surface area contributed by atoms with Crippen molar-refractivity contribution in [3.05, 3.63) is 40.7 Å². The lowest BCUT2D eigenvalue weighted by atomic mass is 9.98. The molecule has 1 aromatic carbocycles. The molecule has 0 atom stereocenters. The first-order valence-electron chi connectivity index (χ1n) is 5.44. The van der Waals surface area contributed by atoms with E-state index in [0.29, 0.717) is 6.04 Å². The van der Waals surface area contributed by atoms with Crippen LogP contribution in [0.3, 0.4) is 0 Å². The molecule has 78 valence electrons. The van der Waals surface area contributed by atoms with Crippen molar-refractivity contribution < 1.29 is 0 Å². The predicted octanol–water partition coefficient (Wildman–Crippen LogP) is 3.00. The summed E-state index contributed by atoms with van der Waals surface area (Å²) in [4.78, 5) is 5.93. The van der Waals surface area contributed by atoms with Crippen LogP contribution in [0.2, 0.25) is 0 Å². The van der Waals surface area contributed by atoms with Gasteiger partial charge in [-0.25, -0.2) is 4.85 Å². The van der Waals surface area contributed by atoms with Crippen LogP contribution >= 0.6 is 0 Å². The molecule has 0 unspecified atom stereocenters. The Balaban J connectivity index is 2.28. The van der Waals surface area contributed by atoms with Crippen molar-refractivity contribution in [2.45, 2.75) is 32.9 Å². The van der Waals surface area contributed by atoms with Crippen molar-refractivity contribution in [1.29, 1.82) is 0 Å². The van der Waals surface area contributed by atoms with Gasteiger partial charge >= 0.3 is 0 Å². The smallest absolute Gasteiger partial charge is 0.187 e. The van der Waals surface area contributed by atoms with Crippen LogP contribution in [-0.2, 0) is 13.0 Å². The van der Waals surface area contributed by atoms with Crippen LogP contribution in [0, 0.1) is 6.57 Å². The number of hydrogen-bond donors (Lipinski definition) is 0. The summed E-state index contributed by atoms with van der Waals surface area (Å²) >= 11 is 0. The van der Waals surface area contributed by atoms with Gasteiger partial charge in [-0.3, -0.25) is 4.90 Å². The van der Waals surface area contributed by atoms with Gasteiger partial charge in [0.05, 0.1) is 6.57 Å². The van der Waals surface area contributed by atoms with Gasteiger partial charge in [0.25, 0.3) is 0 Å². The first kappa shape index (κ1) is 10.2. The number of benzene rings is 1. The summed E-state index contributed by atoms with van der Waals surface area (Å²) in [7, 11) is 0.